The van der Waals surface area contributed by atoms with Crippen molar-refractivity contribution in [2.75, 3.05) is 10.8 Å². The predicted octanol–water partition coefficient (Wildman–Crippen LogP) is 5.70. The summed E-state index contributed by atoms with van der Waals surface area (Å²) in [4.78, 5) is 28.7. The standard InChI is InChI=1S/C30H35ClFN3O4S/c1-5-22(4)33-30(37)27(6-2)34(19-23-12-15-25(32)16-13-23)29(36)20-35(28-17-14-24(31)18-21(28)3)40(38,39)26-10-8-7-9-11-26/h7-18,22,27H,5-6,19-20H2,1-4H3,(H,33,37)/t22-,27+/m0/s1. The van der Waals surface area contributed by atoms with E-state index in [9.17, 15) is 22.4 Å². The molecule has 3 aromatic rings. The van der Waals surface area contributed by atoms with Crippen LogP contribution in [0, 0.1) is 12.7 Å². The van der Waals surface area contributed by atoms with Crippen molar-refractivity contribution in [3.63, 3.8) is 0 Å². The molecule has 0 aliphatic heterocycles. The summed E-state index contributed by atoms with van der Waals surface area (Å²) in [6.07, 6.45) is 0.994. The minimum absolute atomic E-state index is 0.00955. The Morgan fingerprint density at radius 2 is 1.62 bits per heavy atom. The lowest BCUT2D eigenvalue weighted by atomic mass is 10.1. The van der Waals surface area contributed by atoms with E-state index in [4.69, 9.17) is 11.6 Å². The Labute approximate surface area is 241 Å². The van der Waals surface area contributed by atoms with Crippen LogP contribution in [0.2, 0.25) is 5.02 Å². The van der Waals surface area contributed by atoms with Gasteiger partial charge in [-0.3, -0.25) is 13.9 Å². The quantitative estimate of drug-likeness (QED) is 0.294. The first-order chi connectivity index (χ1) is 19.0. The number of hydrogen-bond donors (Lipinski definition) is 1. The molecule has 2 atom stereocenters. The van der Waals surface area contributed by atoms with Gasteiger partial charge in [-0.05, 0) is 80.3 Å². The maximum Gasteiger partial charge on any atom is 0.264 e. The van der Waals surface area contributed by atoms with Gasteiger partial charge >= 0.3 is 0 Å². The van der Waals surface area contributed by atoms with Gasteiger partial charge < -0.3 is 10.2 Å². The smallest absolute Gasteiger partial charge is 0.264 e. The molecule has 1 N–H and O–H groups in total. The van der Waals surface area contributed by atoms with Crippen molar-refractivity contribution in [3.8, 4) is 0 Å². The number of amides is 2. The number of carbonyl (C=O) groups excluding carboxylic acids is 2. The molecule has 0 bridgehead atoms. The predicted molar refractivity (Wildman–Crippen MR) is 156 cm³/mol. The van der Waals surface area contributed by atoms with Crippen LogP contribution in [0.5, 0.6) is 0 Å². The average Bonchev–Trinajstić information content (AvgIpc) is 2.93. The summed E-state index contributed by atoms with van der Waals surface area (Å²) >= 11 is 6.14. The molecule has 0 radical (unpaired) electrons. The molecule has 0 saturated heterocycles. The zero-order chi connectivity index (χ0) is 29.4. The van der Waals surface area contributed by atoms with Crippen LogP contribution in [0.1, 0.15) is 44.7 Å². The molecule has 0 heterocycles. The Balaban J connectivity index is 2.07. The summed E-state index contributed by atoms with van der Waals surface area (Å²) in [5, 5.41) is 3.35. The van der Waals surface area contributed by atoms with E-state index in [2.05, 4.69) is 5.32 Å². The molecule has 0 unspecified atom stereocenters. The SMILES string of the molecule is CC[C@H](C(=O)N[C@@H](C)CC)N(Cc1ccc(F)cc1)C(=O)CN(c1ccc(Cl)cc1C)S(=O)(=O)c1ccccc1. The highest BCUT2D eigenvalue weighted by Gasteiger charge is 2.34. The lowest BCUT2D eigenvalue weighted by Gasteiger charge is -2.34. The minimum Gasteiger partial charge on any atom is -0.352 e. The number of nitrogens with zero attached hydrogens (tertiary/aromatic N) is 2. The molecule has 2 amide bonds. The van der Waals surface area contributed by atoms with E-state index < -0.39 is 34.3 Å². The van der Waals surface area contributed by atoms with E-state index in [1.807, 2.05) is 13.8 Å². The first-order valence-electron chi connectivity index (χ1n) is 13.2. The summed E-state index contributed by atoms with van der Waals surface area (Å²) in [6, 6.07) is 17.2. The molecular weight excluding hydrogens is 553 g/mol. The molecule has 3 rings (SSSR count). The molecule has 0 aliphatic rings. The van der Waals surface area contributed by atoms with Gasteiger partial charge in [-0.15, -0.1) is 0 Å². The molecule has 3 aromatic carbocycles. The van der Waals surface area contributed by atoms with Crippen molar-refractivity contribution < 1.29 is 22.4 Å². The van der Waals surface area contributed by atoms with Gasteiger partial charge in [0.1, 0.15) is 18.4 Å². The summed E-state index contributed by atoms with van der Waals surface area (Å²) in [5.41, 5.74) is 1.46. The van der Waals surface area contributed by atoms with E-state index in [1.165, 1.54) is 41.3 Å². The number of nitrogens with one attached hydrogen (secondary N) is 1. The number of halogens is 2. The summed E-state index contributed by atoms with van der Waals surface area (Å²) in [5.74, 6) is -1.35. The summed E-state index contributed by atoms with van der Waals surface area (Å²) in [6.45, 7) is 6.73. The van der Waals surface area contributed by atoms with Crippen molar-refractivity contribution >= 4 is 39.1 Å². The molecule has 0 saturated carbocycles. The van der Waals surface area contributed by atoms with Gasteiger partial charge in [0.25, 0.3) is 10.0 Å². The minimum atomic E-state index is -4.18. The second-order valence-corrected chi connectivity index (χ2v) is 11.9. The molecule has 0 spiro atoms. The van der Waals surface area contributed by atoms with E-state index in [1.54, 1.807) is 50.2 Å². The van der Waals surface area contributed by atoms with Gasteiger partial charge in [-0.25, -0.2) is 12.8 Å². The Morgan fingerprint density at radius 3 is 2.20 bits per heavy atom. The zero-order valence-electron chi connectivity index (χ0n) is 23.1. The fourth-order valence-corrected chi connectivity index (χ4v) is 6.01. The van der Waals surface area contributed by atoms with E-state index in [-0.39, 0.29) is 23.4 Å². The van der Waals surface area contributed by atoms with Crippen molar-refractivity contribution in [1.29, 1.82) is 0 Å². The Bertz CT molecular complexity index is 1420. The number of benzene rings is 3. The third kappa shape index (κ3) is 7.61. The lowest BCUT2D eigenvalue weighted by Crippen LogP contribution is -2.53. The van der Waals surface area contributed by atoms with Crippen LogP contribution in [-0.4, -0.2) is 43.8 Å². The van der Waals surface area contributed by atoms with Crippen LogP contribution in [0.25, 0.3) is 0 Å². The van der Waals surface area contributed by atoms with Crippen LogP contribution in [0.3, 0.4) is 0 Å². The highest BCUT2D eigenvalue weighted by atomic mass is 35.5. The topological polar surface area (TPSA) is 86.8 Å². The van der Waals surface area contributed by atoms with E-state index >= 15 is 0 Å². The normalized spacial score (nSPS) is 12.8. The Morgan fingerprint density at radius 1 is 0.975 bits per heavy atom. The highest BCUT2D eigenvalue weighted by molar-refractivity contribution is 7.92. The number of hydrogen-bond acceptors (Lipinski definition) is 4. The third-order valence-corrected chi connectivity index (χ3v) is 8.70. The largest absolute Gasteiger partial charge is 0.352 e. The molecule has 0 fully saturated rings. The third-order valence-electron chi connectivity index (χ3n) is 6.69. The van der Waals surface area contributed by atoms with Gasteiger partial charge in [0.05, 0.1) is 10.6 Å². The first kappa shape index (κ1) is 31.1. The number of anilines is 1. The average molecular weight is 588 g/mol. The molecular formula is C30H35ClFN3O4S. The second-order valence-electron chi connectivity index (χ2n) is 9.65. The number of sulfonamides is 1. The van der Waals surface area contributed by atoms with Crippen LogP contribution in [0.4, 0.5) is 10.1 Å². The fourth-order valence-electron chi connectivity index (χ4n) is 4.28. The number of rotatable bonds is 12. The van der Waals surface area contributed by atoms with Crippen molar-refractivity contribution in [2.24, 2.45) is 0 Å². The van der Waals surface area contributed by atoms with Gasteiger partial charge in [0.2, 0.25) is 11.8 Å². The monoisotopic (exact) mass is 587 g/mol. The molecule has 0 aliphatic carbocycles. The van der Waals surface area contributed by atoms with Crippen LogP contribution in [0.15, 0.2) is 77.7 Å². The maximum absolute atomic E-state index is 14.1. The Kier molecular flexibility index (Phi) is 10.7. The van der Waals surface area contributed by atoms with Gasteiger partial charge in [0.15, 0.2) is 0 Å². The van der Waals surface area contributed by atoms with Crippen LogP contribution in [-0.2, 0) is 26.2 Å². The van der Waals surface area contributed by atoms with Gasteiger partial charge in [-0.1, -0.05) is 55.8 Å². The zero-order valence-corrected chi connectivity index (χ0v) is 24.7. The van der Waals surface area contributed by atoms with Crippen molar-refractivity contribution in [3.05, 3.63) is 94.8 Å². The maximum atomic E-state index is 14.1. The van der Waals surface area contributed by atoms with Crippen molar-refractivity contribution in [2.45, 2.75) is 64.1 Å². The van der Waals surface area contributed by atoms with Crippen LogP contribution < -0.4 is 9.62 Å². The highest BCUT2D eigenvalue weighted by Crippen LogP contribution is 2.29. The number of carbonyl (C=O) groups is 2. The molecule has 7 nitrogen and oxygen atoms in total. The van der Waals surface area contributed by atoms with E-state index in [0.29, 0.717) is 34.7 Å². The lowest BCUT2D eigenvalue weighted by molar-refractivity contribution is -0.140. The molecule has 40 heavy (non-hydrogen) atoms. The summed E-state index contributed by atoms with van der Waals surface area (Å²) < 4.78 is 42.4. The summed E-state index contributed by atoms with van der Waals surface area (Å²) in [7, 11) is -4.18. The van der Waals surface area contributed by atoms with Gasteiger partial charge in [0, 0.05) is 17.6 Å². The molecule has 214 valence electrons. The van der Waals surface area contributed by atoms with E-state index in [0.717, 1.165) is 4.31 Å². The second kappa shape index (κ2) is 13.8. The van der Waals surface area contributed by atoms with Gasteiger partial charge in [-0.2, -0.15) is 0 Å². The van der Waals surface area contributed by atoms with Crippen molar-refractivity contribution in [1.82, 2.24) is 10.2 Å². The molecule has 10 heteroatoms. The Hall–Kier alpha value is -3.43. The first-order valence-corrected chi connectivity index (χ1v) is 15.0. The number of aryl methyl sites for hydroxylation is 1. The fraction of sp³-hybridized carbons (Fsp3) is 0.333. The van der Waals surface area contributed by atoms with Crippen LogP contribution >= 0.6 is 11.6 Å². The molecule has 0 aromatic heterocycles.